The summed E-state index contributed by atoms with van der Waals surface area (Å²) < 4.78 is 78.8. The summed E-state index contributed by atoms with van der Waals surface area (Å²) in [5.41, 5.74) is -1.27. The third kappa shape index (κ3) is 10.4. The first-order valence-corrected chi connectivity index (χ1v) is 17.2. The van der Waals surface area contributed by atoms with Gasteiger partial charge in [0, 0.05) is 37.8 Å². The van der Waals surface area contributed by atoms with Crippen molar-refractivity contribution in [3.8, 4) is 5.75 Å². The Kier molecular flexibility index (Phi) is 13.6. The Balaban J connectivity index is 1.64. The molecule has 1 aliphatic heterocycles. The molecule has 0 radical (unpaired) electrons. The fourth-order valence-corrected chi connectivity index (χ4v) is 6.74. The Morgan fingerprint density at radius 3 is 2.33 bits per heavy atom. The second-order valence-corrected chi connectivity index (χ2v) is 13.8. The van der Waals surface area contributed by atoms with Gasteiger partial charge in [-0.3, -0.25) is 9.59 Å². The highest BCUT2D eigenvalue weighted by molar-refractivity contribution is 7.89. The molecule has 0 aliphatic carbocycles. The van der Waals surface area contributed by atoms with E-state index in [0.29, 0.717) is 31.4 Å². The van der Waals surface area contributed by atoms with Gasteiger partial charge in [-0.15, -0.1) is 13.2 Å². The predicted molar refractivity (Wildman–Crippen MR) is 177 cm³/mol. The number of nitrogens with one attached hydrogen (secondary N) is 1. The number of benzene rings is 2. The first kappa shape index (κ1) is 39.2. The molecule has 0 unspecified atom stereocenters. The van der Waals surface area contributed by atoms with Crippen molar-refractivity contribution in [3.63, 3.8) is 0 Å². The minimum atomic E-state index is -4.75. The maximum atomic E-state index is 13.5. The minimum Gasteiger partial charge on any atom is -0.493 e. The zero-order chi connectivity index (χ0) is 36.4. The molecule has 1 heterocycles. The number of carboxylic acids is 1. The van der Waals surface area contributed by atoms with Crippen LogP contribution in [0.3, 0.4) is 0 Å². The first-order valence-electron chi connectivity index (χ1n) is 15.6. The molecular formula is C34H42F3N3O8S. The van der Waals surface area contributed by atoms with Crippen LogP contribution in [0.1, 0.15) is 56.7 Å². The van der Waals surface area contributed by atoms with Crippen molar-refractivity contribution in [2.75, 3.05) is 52.3 Å². The number of hydrogen-bond donors (Lipinski definition) is 2. The number of halogens is 3. The summed E-state index contributed by atoms with van der Waals surface area (Å²) >= 11 is 0. The number of rotatable bonds is 17. The molecule has 0 atom stereocenters. The van der Waals surface area contributed by atoms with Gasteiger partial charge in [-0.25, -0.2) is 17.5 Å². The molecule has 1 fully saturated rings. The molecule has 0 saturated carbocycles. The number of hydrogen-bond acceptors (Lipinski definition) is 7. The van der Waals surface area contributed by atoms with Gasteiger partial charge in [-0.05, 0) is 74.1 Å². The number of carboxylic acid groups (broad SMARTS) is 1. The predicted octanol–water partition coefficient (Wildman–Crippen LogP) is 4.46. The lowest BCUT2D eigenvalue weighted by molar-refractivity contribution is -0.146. The molecule has 0 aromatic heterocycles. The number of carbonyl (C=O) groups is 3. The highest BCUT2D eigenvalue weighted by Gasteiger charge is 2.45. The largest absolute Gasteiger partial charge is 0.493 e. The summed E-state index contributed by atoms with van der Waals surface area (Å²) in [6.07, 6.45) is -1.80. The van der Waals surface area contributed by atoms with Crippen LogP contribution in [0.5, 0.6) is 5.75 Å². The van der Waals surface area contributed by atoms with Gasteiger partial charge >= 0.3 is 12.1 Å². The van der Waals surface area contributed by atoms with Crippen LogP contribution in [0, 0.1) is 6.92 Å². The van der Waals surface area contributed by atoms with Gasteiger partial charge in [0.25, 0.3) is 11.8 Å². The first-order chi connectivity index (χ1) is 23.0. The third-order valence-electron chi connectivity index (χ3n) is 8.23. The van der Waals surface area contributed by atoms with Crippen molar-refractivity contribution in [1.29, 1.82) is 0 Å². The fraction of sp³-hybridized carbons (Fsp3) is 0.441. The molecule has 2 aromatic carbocycles. The van der Waals surface area contributed by atoms with Gasteiger partial charge in [-0.2, -0.15) is 13.2 Å². The van der Waals surface area contributed by atoms with Crippen LogP contribution in [0.2, 0.25) is 0 Å². The van der Waals surface area contributed by atoms with E-state index < -0.39 is 44.9 Å². The lowest BCUT2D eigenvalue weighted by Gasteiger charge is -2.38. The lowest BCUT2D eigenvalue weighted by Crippen LogP contribution is -2.60. The third-order valence-corrected chi connectivity index (χ3v) is 10.1. The summed E-state index contributed by atoms with van der Waals surface area (Å²) in [4.78, 5) is 39.8. The van der Waals surface area contributed by atoms with E-state index in [-0.39, 0.29) is 62.6 Å². The van der Waals surface area contributed by atoms with Crippen LogP contribution in [0.4, 0.5) is 13.2 Å². The minimum absolute atomic E-state index is 0.115. The van der Waals surface area contributed by atoms with Crippen molar-refractivity contribution < 1.29 is 50.6 Å². The molecule has 2 aromatic rings. The van der Waals surface area contributed by atoms with E-state index in [1.807, 2.05) is 0 Å². The highest BCUT2D eigenvalue weighted by atomic mass is 32.2. The molecule has 15 heteroatoms. The SMILES string of the molecule is C=CCCOc1cc(C(=O)NC2(C(=O)O)CCN(S(=O)(=O)CCc3ccc(C(=O)N(C)CCOCC=C)cc3C)CC2)ccc1C(F)(F)F. The van der Waals surface area contributed by atoms with Gasteiger partial charge in [0.15, 0.2) is 0 Å². The Labute approximate surface area is 284 Å². The van der Waals surface area contributed by atoms with Gasteiger partial charge in [-0.1, -0.05) is 18.2 Å². The Hall–Kier alpha value is -4.21. The number of aryl methyl sites for hydroxylation is 2. The second-order valence-electron chi connectivity index (χ2n) is 11.7. The molecule has 268 valence electrons. The van der Waals surface area contributed by atoms with Gasteiger partial charge < -0.3 is 24.8 Å². The summed E-state index contributed by atoms with van der Waals surface area (Å²) in [7, 11) is -2.19. The molecule has 1 saturated heterocycles. The Bertz CT molecular complexity index is 1640. The van der Waals surface area contributed by atoms with Crippen molar-refractivity contribution in [3.05, 3.63) is 89.5 Å². The van der Waals surface area contributed by atoms with E-state index in [4.69, 9.17) is 9.47 Å². The van der Waals surface area contributed by atoms with E-state index in [1.54, 1.807) is 38.2 Å². The van der Waals surface area contributed by atoms with E-state index in [9.17, 15) is 41.1 Å². The Morgan fingerprint density at radius 1 is 1.06 bits per heavy atom. The zero-order valence-corrected chi connectivity index (χ0v) is 28.4. The number of amides is 2. The molecule has 3 rings (SSSR count). The summed E-state index contributed by atoms with van der Waals surface area (Å²) in [5, 5.41) is 12.5. The molecular weight excluding hydrogens is 667 g/mol. The average Bonchev–Trinajstić information content (AvgIpc) is 3.05. The molecule has 2 N–H and O–H groups in total. The molecule has 0 bridgehead atoms. The van der Waals surface area contributed by atoms with Crippen LogP contribution < -0.4 is 10.1 Å². The van der Waals surface area contributed by atoms with Crippen LogP contribution in [-0.4, -0.2) is 98.3 Å². The van der Waals surface area contributed by atoms with Crippen LogP contribution in [0.25, 0.3) is 0 Å². The normalized spacial score (nSPS) is 14.9. The van der Waals surface area contributed by atoms with Crippen LogP contribution in [-0.2, 0) is 32.2 Å². The number of piperidine rings is 1. The summed E-state index contributed by atoms with van der Waals surface area (Å²) in [5.74, 6) is -3.39. The number of nitrogens with zero attached hydrogens (tertiary/aromatic N) is 2. The quantitative estimate of drug-likeness (QED) is 0.181. The number of carbonyl (C=O) groups excluding carboxylic acids is 2. The lowest BCUT2D eigenvalue weighted by atomic mass is 9.88. The second kappa shape index (κ2) is 16.9. The number of ether oxygens (including phenoxy) is 2. The molecule has 11 nitrogen and oxygen atoms in total. The Morgan fingerprint density at radius 2 is 1.73 bits per heavy atom. The van der Waals surface area contributed by atoms with Crippen LogP contribution >= 0.6 is 0 Å². The van der Waals surface area contributed by atoms with E-state index >= 15 is 0 Å². The smallest absolute Gasteiger partial charge is 0.419 e. The molecule has 49 heavy (non-hydrogen) atoms. The van der Waals surface area contributed by atoms with Gasteiger partial charge in [0.2, 0.25) is 10.0 Å². The zero-order valence-electron chi connectivity index (χ0n) is 27.6. The van der Waals surface area contributed by atoms with E-state index in [2.05, 4.69) is 18.5 Å². The van der Waals surface area contributed by atoms with Gasteiger partial charge in [0.1, 0.15) is 11.3 Å². The molecule has 1 aliphatic rings. The maximum Gasteiger partial charge on any atom is 0.419 e. The monoisotopic (exact) mass is 709 g/mol. The highest BCUT2D eigenvalue weighted by Crippen LogP contribution is 2.37. The maximum absolute atomic E-state index is 13.5. The van der Waals surface area contributed by atoms with Crippen molar-refractivity contribution in [2.45, 2.75) is 44.3 Å². The average molecular weight is 710 g/mol. The summed E-state index contributed by atoms with van der Waals surface area (Å²) in [6.45, 7) is 9.45. The fourth-order valence-electron chi connectivity index (χ4n) is 5.26. The standard InChI is InChI=1S/C34H42F3N3O8S/c1-5-7-19-48-29-23-26(10-11-28(29)34(35,36)37)30(41)38-33(32(43)44)13-15-40(16-14-33)49(45,46)21-12-25-8-9-27(22-24(25)3)31(42)39(4)17-20-47-18-6-2/h5-6,8-11,22-23H,1-2,7,12-21H2,3-4H3,(H,38,41)(H,43,44). The van der Waals surface area contributed by atoms with Crippen molar-refractivity contribution >= 4 is 27.8 Å². The van der Waals surface area contributed by atoms with Crippen molar-refractivity contribution in [2.24, 2.45) is 0 Å². The van der Waals surface area contributed by atoms with Gasteiger partial charge in [0.05, 0.1) is 31.1 Å². The van der Waals surface area contributed by atoms with E-state index in [0.717, 1.165) is 23.3 Å². The number of aliphatic carboxylic acids is 1. The number of likely N-dealkylation sites (N-methyl/N-ethyl adjacent to an activating group) is 1. The molecule has 0 spiro atoms. The number of sulfonamides is 1. The number of alkyl halides is 3. The van der Waals surface area contributed by atoms with Crippen molar-refractivity contribution in [1.82, 2.24) is 14.5 Å². The van der Waals surface area contributed by atoms with Crippen LogP contribution in [0.15, 0.2) is 61.7 Å². The molecule has 2 amide bonds. The van der Waals surface area contributed by atoms with E-state index in [1.165, 1.54) is 15.3 Å². The summed E-state index contributed by atoms with van der Waals surface area (Å²) in [6, 6.07) is 7.56. The topological polar surface area (TPSA) is 143 Å².